The summed E-state index contributed by atoms with van der Waals surface area (Å²) in [5.74, 6) is 0.0900. The molecule has 3 amide bonds. The van der Waals surface area contributed by atoms with E-state index in [0.29, 0.717) is 29.2 Å². The lowest BCUT2D eigenvalue weighted by molar-refractivity contribution is -0.129. The fraction of sp³-hybridized carbons (Fsp3) is 0.394. The molecular weight excluding hydrogens is 562 g/mol. The van der Waals surface area contributed by atoms with E-state index in [9.17, 15) is 14.4 Å². The largest absolute Gasteiger partial charge is 0.497 e. The van der Waals surface area contributed by atoms with Gasteiger partial charge in [0.05, 0.1) is 18.9 Å². The van der Waals surface area contributed by atoms with Gasteiger partial charge in [-0.2, -0.15) is 5.10 Å². The summed E-state index contributed by atoms with van der Waals surface area (Å²) in [6.07, 6.45) is 5.30. The number of nitrogens with one attached hydrogen (secondary N) is 2. The van der Waals surface area contributed by atoms with E-state index in [1.807, 2.05) is 42.5 Å². The average molecular weight is 604 g/mol. The maximum absolute atomic E-state index is 13.5. The minimum Gasteiger partial charge on any atom is -0.497 e. The highest BCUT2D eigenvalue weighted by Gasteiger charge is 2.26. The van der Waals surface area contributed by atoms with Crippen LogP contribution in [0, 0.1) is 0 Å². The van der Waals surface area contributed by atoms with Crippen LogP contribution in [0.5, 0.6) is 5.75 Å². The van der Waals surface area contributed by atoms with Gasteiger partial charge in [0.1, 0.15) is 10.8 Å². The Morgan fingerprint density at radius 1 is 1.00 bits per heavy atom. The Balaban J connectivity index is 1.48. The first-order chi connectivity index (χ1) is 20.8. The molecule has 0 atom stereocenters. The SMILES string of the molecule is CCN(CC)CCN(Cc1cccc(C(=O)Nc2sc3c(c2C(=O)N/N=C/c2ccc(OC)cc2)CCCC3)c1)C(C)=O. The van der Waals surface area contributed by atoms with Crippen molar-refractivity contribution in [3.63, 3.8) is 0 Å². The first-order valence-electron chi connectivity index (χ1n) is 14.8. The number of amides is 3. The monoisotopic (exact) mass is 603 g/mol. The number of methoxy groups -OCH3 is 1. The molecule has 0 saturated heterocycles. The van der Waals surface area contributed by atoms with Gasteiger partial charge >= 0.3 is 0 Å². The Bertz CT molecular complexity index is 1450. The molecule has 0 spiro atoms. The molecule has 0 unspecified atom stereocenters. The van der Waals surface area contributed by atoms with E-state index in [4.69, 9.17) is 4.74 Å². The van der Waals surface area contributed by atoms with Crippen molar-refractivity contribution in [1.82, 2.24) is 15.2 Å². The molecule has 43 heavy (non-hydrogen) atoms. The van der Waals surface area contributed by atoms with Gasteiger partial charge in [-0.05, 0) is 91.9 Å². The van der Waals surface area contributed by atoms with Gasteiger partial charge in [0.2, 0.25) is 5.91 Å². The minimum absolute atomic E-state index is 0.00326. The van der Waals surface area contributed by atoms with Gasteiger partial charge in [0, 0.05) is 37.0 Å². The van der Waals surface area contributed by atoms with Crippen LogP contribution in [-0.2, 0) is 24.2 Å². The third-order valence-corrected chi connectivity index (χ3v) is 8.92. The van der Waals surface area contributed by atoms with E-state index in [-0.39, 0.29) is 17.7 Å². The third-order valence-electron chi connectivity index (χ3n) is 7.71. The number of likely N-dealkylation sites (N-methyl/N-ethyl adjacent to an activating group) is 1. The topological polar surface area (TPSA) is 103 Å². The summed E-state index contributed by atoms with van der Waals surface area (Å²) in [6, 6.07) is 14.7. The van der Waals surface area contributed by atoms with Crippen LogP contribution in [0.25, 0.3) is 0 Å². The van der Waals surface area contributed by atoms with Crippen LogP contribution in [-0.4, -0.2) is 67.0 Å². The number of hydrogen-bond donors (Lipinski definition) is 2. The Morgan fingerprint density at radius 2 is 1.74 bits per heavy atom. The number of carbonyl (C=O) groups is 3. The predicted molar refractivity (Wildman–Crippen MR) is 172 cm³/mol. The Labute approximate surface area is 257 Å². The number of thiophene rings is 1. The van der Waals surface area contributed by atoms with Gasteiger partial charge in [0.15, 0.2) is 0 Å². The van der Waals surface area contributed by atoms with Crippen molar-refractivity contribution in [2.75, 3.05) is 38.6 Å². The molecule has 9 nitrogen and oxygen atoms in total. The van der Waals surface area contributed by atoms with E-state index >= 15 is 0 Å². The number of nitrogens with zero attached hydrogens (tertiary/aromatic N) is 3. The van der Waals surface area contributed by atoms with Crippen LogP contribution in [0.4, 0.5) is 5.00 Å². The van der Waals surface area contributed by atoms with Crippen LogP contribution >= 0.6 is 11.3 Å². The van der Waals surface area contributed by atoms with Crippen LogP contribution < -0.4 is 15.5 Å². The number of hydrazone groups is 1. The first kappa shape index (κ1) is 31.9. The molecular formula is C33H41N5O4S. The van der Waals surface area contributed by atoms with Gasteiger partial charge in [-0.15, -0.1) is 11.3 Å². The normalized spacial score (nSPS) is 12.7. The van der Waals surface area contributed by atoms with Crippen LogP contribution in [0.1, 0.15) is 75.9 Å². The highest BCUT2D eigenvalue weighted by molar-refractivity contribution is 7.17. The number of fused-ring (bicyclic) bond motifs is 1. The standard InChI is InChI=1S/C33H41N5O4S/c1-5-37(6-2)18-19-38(23(3)39)22-25-10-9-11-26(20-25)31(40)35-33-30(28-12-7-8-13-29(28)43-33)32(41)36-34-21-24-14-16-27(42-4)17-15-24/h9-11,14-17,20-21H,5-8,12-13,18-19,22H2,1-4H3,(H,35,40)(H,36,41)/b34-21+. The molecule has 0 fully saturated rings. The van der Waals surface area contributed by atoms with Crippen molar-refractivity contribution >= 4 is 40.3 Å². The van der Waals surface area contributed by atoms with Crippen molar-refractivity contribution in [2.24, 2.45) is 5.10 Å². The first-order valence-corrected chi connectivity index (χ1v) is 15.6. The molecule has 3 aromatic rings. The number of anilines is 1. The van der Waals surface area contributed by atoms with Crippen molar-refractivity contribution in [3.8, 4) is 5.75 Å². The molecule has 1 aromatic heterocycles. The zero-order valence-corrected chi connectivity index (χ0v) is 26.3. The summed E-state index contributed by atoms with van der Waals surface area (Å²) in [5, 5.41) is 7.70. The zero-order valence-electron chi connectivity index (χ0n) is 25.4. The van der Waals surface area contributed by atoms with Crippen molar-refractivity contribution in [1.29, 1.82) is 0 Å². The summed E-state index contributed by atoms with van der Waals surface area (Å²) in [5.41, 5.74) is 6.28. The summed E-state index contributed by atoms with van der Waals surface area (Å²) < 4.78 is 5.18. The van der Waals surface area contributed by atoms with Crippen molar-refractivity contribution < 1.29 is 19.1 Å². The van der Waals surface area contributed by atoms with Crippen molar-refractivity contribution in [3.05, 3.63) is 81.2 Å². The van der Waals surface area contributed by atoms with E-state index in [1.165, 1.54) is 11.3 Å². The predicted octanol–water partition coefficient (Wildman–Crippen LogP) is 5.34. The molecule has 0 bridgehead atoms. The minimum atomic E-state index is -0.349. The molecule has 4 rings (SSSR count). The van der Waals surface area contributed by atoms with Gasteiger partial charge in [-0.25, -0.2) is 5.43 Å². The second-order valence-corrected chi connectivity index (χ2v) is 11.6. The number of benzene rings is 2. The number of ether oxygens (including phenoxy) is 1. The van der Waals surface area contributed by atoms with E-state index in [2.05, 4.69) is 34.6 Å². The second-order valence-electron chi connectivity index (χ2n) is 10.5. The zero-order chi connectivity index (χ0) is 30.8. The Hall–Kier alpha value is -4.02. The van der Waals surface area contributed by atoms with Crippen LogP contribution in [0.3, 0.4) is 0 Å². The number of hydrogen-bond acceptors (Lipinski definition) is 7. The lowest BCUT2D eigenvalue weighted by atomic mass is 9.95. The molecule has 0 saturated carbocycles. The summed E-state index contributed by atoms with van der Waals surface area (Å²) >= 11 is 1.46. The second kappa shape index (κ2) is 15.5. The smallest absolute Gasteiger partial charge is 0.274 e. The lowest BCUT2D eigenvalue weighted by Crippen LogP contribution is -2.37. The maximum Gasteiger partial charge on any atom is 0.274 e. The Kier molecular flexibility index (Phi) is 11.5. The third kappa shape index (κ3) is 8.52. The van der Waals surface area contributed by atoms with Gasteiger partial charge < -0.3 is 19.9 Å². The maximum atomic E-state index is 13.5. The number of aryl methyl sites for hydroxylation is 1. The van der Waals surface area contributed by atoms with Gasteiger partial charge in [-0.3, -0.25) is 14.4 Å². The molecule has 0 radical (unpaired) electrons. The average Bonchev–Trinajstić information content (AvgIpc) is 3.39. The van der Waals surface area contributed by atoms with Gasteiger partial charge in [0.25, 0.3) is 11.8 Å². The molecule has 10 heteroatoms. The van der Waals surface area contributed by atoms with Crippen molar-refractivity contribution in [2.45, 2.75) is 53.0 Å². The molecule has 0 aliphatic heterocycles. The summed E-state index contributed by atoms with van der Waals surface area (Å²) in [4.78, 5) is 44.4. The Morgan fingerprint density at radius 3 is 2.44 bits per heavy atom. The highest BCUT2D eigenvalue weighted by atomic mass is 32.1. The highest BCUT2D eigenvalue weighted by Crippen LogP contribution is 2.38. The molecule has 228 valence electrons. The van der Waals surface area contributed by atoms with Crippen LogP contribution in [0.15, 0.2) is 53.6 Å². The number of rotatable bonds is 13. The quantitative estimate of drug-likeness (QED) is 0.203. The summed E-state index contributed by atoms with van der Waals surface area (Å²) in [7, 11) is 1.61. The molecule has 1 heterocycles. The van der Waals surface area contributed by atoms with E-state index in [0.717, 1.165) is 72.6 Å². The van der Waals surface area contributed by atoms with Crippen LogP contribution in [0.2, 0.25) is 0 Å². The fourth-order valence-electron chi connectivity index (χ4n) is 5.16. The van der Waals surface area contributed by atoms with E-state index in [1.54, 1.807) is 31.2 Å². The van der Waals surface area contributed by atoms with E-state index < -0.39 is 0 Å². The van der Waals surface area contributed by atoms with Gasteiger partial charge in [-0.1, -0.05) is 26.0 Å². The molecule has 1 aliphatic rings. The summed E-state index contributed by atoms with van der Waals surface area (Å²) in [6.45, 7) is 9.49. The molecule has 2 N–H and O–H groups in total. The lowest BCUT2D eigenvalue weighted by Gasteiger charge is -2.25. The number of carbonyl (C=O) groups excluding carboxylic acids is 3. The molecule has 1 aliphatic carbocycles. The molecule has 2 aromatic carbocycles. The fourth-order valence-corrected chi connectivity index (χ4v) is 6.44.